The van der Waals surface area contributed by atoms with Gasteiger partial charge in [-0.15, -0.1) is 11.3 Å². The molecule has 0 bridgehead atoms. The second kappa shape index (κ2) is 45.6. The van der Waals surface area contributed by atoms with Crippen molar-refractivity contribution in [3.63, 3.8) is 0 Å². The van der Waals surface area contributed by atoms with E-state index in [9.17, 15) is 77.7 Å². The van der Waals surface area contributed by atoms with Gasteiger partial charge in [-0.05, 0) is 209 Å². The quantitative estimate of drug-likeness (QED) is 0.0166. The fraction of sp³-hybridized carbons (Fsp3) is 0.742. The van der Waals surface area contributed by atoms with Crippen LogP contribution in [0, 0.1) is 6.92 Å². The van der Waals surface area contributed by atoms with Gasteiger partial charge in [0.15, 0.2) is 0 Å². The fourth-order valence-corrected chi connectivity index (χ4v) is 19.4. The number of carbonyl (C=O) groups excluding carboxylic acids is 5. The Morgan fingerprint density at radius 3 is 1.18 bits per heavy atom. The zero-order chi connectivity index (χ0) is 103. The first-order valence-corrected chi connectivity index (χ1v) is 52.3. The third-order valence-electron chi connectivity index (χ3n) is 27.3. The van der Waals surface area contributed by atoms with E-state index >= 15 is 0 Å². The number of nitrogens with one attached hydrogen (secondary N) is 6. The molecular weight excluding hydrogens is 1870 g/mol. The predicted molar refractivity (Wildman–Crippen MR) is 509 cm³/mol. The molecule has 41 nitrogen and oxygen atoms in total. The number of hydrogen-bond donors (Lipinski definition) is 10. The van der Waals surface area contributed by atoms with Crippen LogP contribution in [0.4, 0.5) is 42.6 Å². The number of halogens is 3. The van der Waals surface area contributed by atoms with Crippen LogP contribution in [0.2, 0.25) is 0 Å². The monoisotopic (exact) mass is 2020 g/mol. The highest BCUT2D eigenvalue weighted by Crippen LogP contribution is 2.46. The molecular formula is C89H146F3N19O22S4. The maximum Gasteiger partial charge on any atom is 0.390 e. The number of nitrogens with zero attached hydrogens (tertiary/aromatic N) is 13. The van der Waals surface area contributed by atoms with Crippen molar-refractivity contribution in [3.8, 4) is 0 Å². The molecule has 137 heavy (non-hydrogen) atoms. The molecule has 5 amide bonds. The van der Waals surface area contributed by atoms with Gasteiger partial charge in [-0.25, -0.2) is 43.2 Å². The fourth-order valence-electron chi connectivity index (χ4n) is 15.9. The van der Waals surface area contributed by atoms with Crippen molar-refractivity contribution in [2.45, 2.75) is 293 Å². The lowest BCUT2D eigenvalue weighted by atomic mass is 9.67. The summed E-state index contributed by atoms with van der Waals surface area (Å²) < 4.78 is 148. The second-order valence-corrected chi connectivity index (χ2v) is 47.9. The molecule has 4 saturated heterocycles. The minimum atomic E-state index is -4.28. The third-order valence-corrected chi connectivity index (χ3v) is 32.5. The van der Waals surface area contributed by atoms with Crippen LogP contribution in [0.1, 0.15) is 239 Å². The summed E-state index contributed by atoms with van der Waals surface area (Å²) in [6.07, 6.45) is 9.94. The molecule has 4 aliphatic heterocycles. The van der Waals surface area contributed by atoms with Gasteiger partial charge < -0.3 is 57.8 Å². The molecule has 6 aromatic heterocycles. The van der Waals surface area contributed by atoms with E-state index < -0.39 is 104 Å². The topological polar surface area (TPSA) is 525 Å². The number of aromatic nitrogens is 6. The average molecular weight is 2020 g/mol. The van der Waals surface area contributed by atoms with E-state index in [1.807, 2.05) is 125 Å². The summed E-state index contributed by atoms with van der Waals surface area (Å²) >= 11 is 1.61. The zero-order valence-corrected chi connectivity index (χ0v) is 86.8. The summed E-state index contributed by atoms with van der Waals surface area (Å²) in [6.45, 7) is 35.3. The van der Waals surface area contributed by atoms with Crippen molar-refractivity contribution >= 4 is 100 Å². The molecule has 2 aliphatic carbocycles. The van der Waals surface area contributed by atoms with Crippen LogP contribution < -0.4 is 31.9 Å². The number of piperidine rings is 3. The van der Waals surface area contributed by atoms with Gasteiger partial charge in [0.1, 0.15) is 22.6 Å². The molecule has 0 radical (unpaired) electrons. The van der Waals surface area contributed by atoms with E-state index in [1.54, 1.807) is 63.3 Å². The van der Waals surface area contributed by atoms with Crippen LogP contribution in [0.3, 0.4) is 0 Å². The maximum absolute atomic E-state index is 13.1. The maximum atomic E-state index is 13.1. The first-order valence-electron chi connectivity index (χ1n) is 45.9. The first kappa shape index (κ1) is 114. The summed E-state index contributed by atoms with van der Waals surface area (Å²) in [5.74, 6) is -0.289. The van der Waals surface area contributed by atoms with Crippen LogP contribution in [0.5, 0.6) is 0 Å². The molecule has 0 spiro atoms. The largest absolute Gasteiger partial charge is 0.395 e. The van der Waals surface area contributed by atoms with Crippen LogP contribution in [-0.2, 0) is 91.0 Å². The molecule has 6 fully saturated rings. The van der Waals surface area contributed by atoms with E-state index in [4.69, 9.17) is 37.2 Å². The van der Waals surface area contributed by atoms with E-state index in [2.05, 4.69) is 67.6 Å². The highest BCUT2D eigenvalue weighted by molar-refractivity contribution is 7.88. The Labute approximate surface area is 806 Å². The Morgan fingerprint density at radius 2 is 0.847 bits per heavy atom. The zero-order valence-electron chi connectivity index (χ0n) is 83.6. The molecule has 6 aliphatic rings. The van der Waals surface area contributed by atoms with Crippen molar-refractivity contribution in [2.24, 2.45) is 0 Å². The summed E-state index contributed by atoms with van der Waals surface area (Å²) in [5, 5.41) is 75.3. The van der Waals surface area contributed by atoms with Crippen molar-refractivity contribution in [1.29, 1.82) is 0 Å². The molecule has 6 aromatic rings. The molecule has 0 atom stereocenters. The van der Waals surface area contributed by atoms with Crippen molar-refractivity contribution in [2.75, 3.05) is 159 Å². The number of hydrogen-bond acceptors (Lipinski definition) is 34. The SMILES string of the molecule is CC(C)(NCCC(F)(F)F)C(=O)Nc1cc(C2(CO)CCC2)no1.CN(C1CCN(S(C)(=O)=O)CC1)C(C)(C)C(=O)Nc1cc(C(C)(C)O)no1.CN(C1CCN(S(C)(=O)=O)CC1)C(C)(C)C(=O)Nc1cc(C2(O)CC2)no1.CN(C1CCOCC1)C(C)(C)C(=O)Nc1cc(C(C)(C)COCCO)no1.Cc1ncc(C(C)(C)c2cc(NC(=O)C(C)(C)N(C)C3CCN(S(C)(=O)=O)CC3)on2)s1. The van der Waals surface area contributed by atoms with Gasteiger partial charge in [-0.3, -0.25) is 70.2 Å². The summed E-state index contributed by atoms with van der Waals surface area (Å²) in [4.78, 5) is 77.3. The normalized spacial score (nSPS) is 18.1. The van der Waals surface area contributed by atoms with Gasteiger partial charge in [-0.1, -0.05) is 46.1 Å². The smallest absolute Gasteiger partial charge is 0.390 e. The van der Waals surface area contributed by atoms with E-state index in [0.29, 0.717) is 138 Å². The number of thiazole rings is 1. The van der Waals surface area contributed by atoms with Crippen molar-refractivity contribution in [1.82, 2.24) is 68.6 Å². The van der Waals surface area contributed by atoms with Crippen LogP contribution in [0.15, 0.2) is 59.1 Å². The molecule has 0 unspecified atom stereocenters. The van der Waals surface area contributed by atoms with E-state index in [-0.39, 0.29) is 85.8 Å². The lowest BCUT2D eigenvalue weighted by Gasteiger charge is -2.43. The first-order chi connectivity index (χ1) is 63.1. The lowest BCUT2D eigenvalue weighted by molar-refractivity contribution is -0.135. The predicted octanol–water partition coefficient (Wildman–Crippen LogP) is 8.68. The lowest BCUT2D eigenvalue weighted by Crippen LogP contribution is -2.57. The molecule has 12 rings (SSSR count). The number of ether oxygens (including phenoxy) is 2. The highest BCUT2D eigenvalue weighted by Gasteiger charge is 2.49. The van der Waals surface area contributed by atoms with Gasteiger partial charge in [0.05, 0.1) is 101 Å². The molecule has 10 N–H and O–H groups in total. The van der Waals surface area contributed by atoms with Gasteiger partial charge >= 0.3 is 6.18 Å². The van der Waals surface area contributed by atoms with Crippen LogP contribution in [-0.4, -0.2) is 329 Å². The minimum absolute atomic E-state index is 0.0219. The number of rotatable bonds is 35. The third kappa shape index (κ3) is 30.6. The summed E-state index contributed by atoms with van der Waals surface area (Å²) in [6, 6.07) is 8.70. The number of sulfonamides is 3. The van der Waals surface area contributed by atoms with Gasteiger partial charge in [0.25, 0.3) is 0 Å². The Hall–Kier alpha value is -7.89. The van der Waals surface area contributed by atoms with Gasteiger partial charge in [0.2, 0.25) is 89.0 Å². The highest BCUT2D eigenvalue weighted by atomic mass is 32.2. The molecule has 0 aromatic carbocycles. The number of carbonyl (C=O) groups is 5. The molecule has 774 valence electrons. The Bertz CT molecular complexity index is 5200. The molecule has 2 saturated carbocycles. The Kier molecular flexibility index (Phi) is 38.1. The number of amides is 5. The summed E-state index contributed by atoms with van der Waals surface area (Å²) in [5.41, 5.74) is -4.92. The number of anilines is 5. The van der Waals surface area contributed by atoms with Gasteiger partial charge in [0, 0.05) is 141 Å². The Balaban J connectivity index is 0.000000211. The van der Waals surface area contributed by atoms with Crippen molar-refractivity contribution in [3.05, 3.63) is 74.9 Å². The standard InChI is InChI=1S/C21H33N5O4S2.C19H33N3O5.C17H28N4O5S.C17H30N4O5S.C15H22F3N3O3/c1-14-22-13-17(31-14)20(2,3)16-12-18(30-24-16)23-19(27)21(4,5)25(6)15-8-10-26(11-9-15)32(7,28)29;1-18(2,13-26-11-8-23)15-12-16(27-21-15)20-17(24)19(3,4)22(5)14-6-9-25-10-7-14;1-16(2,20(3)12-5-9-21(10-6-12)27(4,24)25)15(22)18-14-11-13(19-26-14)17(23)7-8-17;1-16(2,15(22)18-14-11-13(19-26-14)17(3,4)23)20(5)12-7-9-21(10-8-12)27(6,24)25;1-13(2,19-7-6-15(16,17)18)12(23)20-11-8-10(21-24-11)14(9-22)4-3-5-14/h12-13,15H,8-11H2,1-7H3,(H,23,27);12,14,23H,6-11,13H2,1-5H3,(H,20,24);11-12,23H,5-10H2,1-4H3,(H,18,22);11-12,23H,7-10H2,1-6H3,(H,18,22);8,19,22H,3-7,9H2,1-2H3,(H,20,23). The van der Waals surface area contributed by atoms with E-state index in [0.717, 1.165) is 60.9 Å². The number of aryl methyl sites for hydroxylation is 1. The number of aliphatic hydroxyl groups excluding tert-OH is 2. The summed E-state index contributed by atoms with van der Waals surface area (Å²) in [7, 11) is -1.92. The van der Waals surface area contributed by atoms with Crippen LogP contribution in [0.25, 0.3) is 0 Å². The average Bonchev–Trinajstić information content (AvgIpc) is 1.65. The van der Waals surface area contributed by atoms with Gasteiger partial charge in [-0.2, -0.15) is 13.2 Å². The number of likely N-dealkylation sites (N-methyl/N-ethyl adjacent to an activating group) is 4. The molecule has 10 heterocycles. The Morgan fingerprint density at radius 1 is 0.504 bits per heavy atom. The molecule has 48 heteroatoms. The van der Waals surface area contributed by atoms with Crippen molar-refractivity contribution < 1.29 is 115 Å². The van der Waals surface area contributed by atoms with E-state index in [1.165, 1.54) is 51.6 Å². The van der Waals surface area contributed by atoms with Crippen LogP contribution >= 0.6 is 11.3 Å². The minimum Gasteiger partial charge on any atom is -0.395 e. The number of aliphatic hydroxyl groups is 4. The number of alkyl halides is 3. The second-order valence-electron chi connectivity index (χ2n) is 40.7.